The van der Waals surface area contributed by atoms with Gasteiger partial charge in [-0.25, -0.2) is 0 Å². The van der Waals surface area contributed by atoms with Crippen LogP contribution in [0.25, 0.3) is 0 Å². The first-order chi connectivity index (χ1) is 13.6. The van der Waals surface area contributed by atoms with Gasteiger partial charge in [-0.05, 0) is 64.5 Å². The molecule has 29 heavy (non-hydrogen) atoms. The van der Waals surface area contributed by atoms with Crippen LogP contribution in [0.2, 0.25) is 0 Å². The Hall–Kier alpha value is -2.34. The zero-order chi connectivity index (χ0) is 21.6. The highest BCUT2D eigenvalue weighted by Crippen LogP contribution is 2.31. The van der Waals surface area contributed by atoms with E-state index >= 15 is 0 Å². The summed E-state index contributed by atoms with van der Waals surface area (Å²) in [5.41, 5.74) is 2.08. The van der Waals surface area contributed by atoms with Crippen LogP contribution in [-0.4, -0.2) is 24.5 Å². The van der Waals surface area contributed by atoms with Gasteiger partial charge in [0, 0.05) is 6.04 Å². The summed E-state index contributed by atoms with van der Waals surface area (Å²) in [6, 6.07) is 12.8. The maximum absolute atomic E-state index is 12.5. The van der Waals surface area contributed by atoms with E-state index in [0.717, 1.165) is 10.9 Å². The number of para-hydroxylation sites is 1. The first kappa shape index (κ1) is 22.9. The molecule has 0 aliphatic carbocycles. The second-order valence-corrected chi connectivity index (χ2v) is 8.91. The van der Waals surface area contributed by atoms with Gasteiger partial charge in [0.25, 0.3) is 11.8 Å². The lowest BCUT2D eigenvalue weighted by atomic mass is 9.87. The van der Waals surface area contributed by atoms with Crippen molar-refractivity contribution in [1.29, 1.82) is 0 Å². The molecule has 0 aliphatic rings. The molecule has 0 saturated carbocycles. The van der Waals surface area contributed by atoms with Crippen LogP contribution in [0.4, 0.5) is 5.69 Å². The van der Waals surface area contributed by atoms with E-state index < -0.39 is 0 Å². The average molecular weight is 461 g/mol. The van der Waals surface area contributed by atoms with Gasteiger partial charge in [0.2, 0.25) is 0 Å². The molecular formula is C23H29BrN2O3. The predicted molar refractivity (Wildman–Crippen MR) is 121 cm³/mol. The Kier molecular flexibility index (Phi) is 7.85. The highest BCUT2D eigenvalue weighted by atomic mass is 79.9. The highest BCUT2D eigenvalue weighted by molar-refractivity contribution is 9.10. The molecule has 2 amide bonds. The molecule has 2 aromatic rings. The smallest absolute Gasteiger partial charge is 0.262 e. The minimum Gasteiger partial charge on any atom is -0.483 e. The summed E-state index contributed by atoms with van der Waals surface area (Å²) in [5.74, 6) is 0.0493. The minimum absolute atomic E-state index is 0.0258. The van der Waals surface area contributed by atoms with Gasteiger partial charge in [0.1, 0.15) is 5.75 Å². The summed E-state index contributed by atoms with van der Waals surface area (Å²) in [4.78, 5) is 24.8. The van der Waals surface area contributed by atoms with Gasteiger partial charge in [-0.1, -0.05) is 45.9 Å². The number of carbonyl (C=O) groups is 2. The van der Waals surface area contributed by atoms with Gasteiger partial charge in [0.15, 0.2) is 6.61 Å². The van der Waals surface area contributed by atoms with Crippen LogP contribution in [-0.2, 0) is 10.2 Å². The first-order valence-corrected chi connectivity index (χ1v) is 10.5. The molecule has 0 heterocycles. The lowest BCUT2D eigenvalue weighted by molar-refractivity contribution is -0.118. The van der Waals surface area contributed by atoms with E-state index in [9.17, 15) is 9.59 Å². The number of nitrogens with one attached hydrogen (secondary N) is 2. The van der Waals surface area contributed by atoms with Crippen LogP contribution < -0.4 is 15.4 Å². The molecule has 0 bridgehead atoms. The summed E-state index contributed by atoms with van der Waals surface area (Å²) in [6.45, 7) is 10.2. The van der Waals surface area contributed by atoms with Gasteiger partial charge < -0.3 is 15.4 Å². The van der Waals surface area contributed by atoms with Crippen molar-refractivity contribution in [2.75, 3.05) is 11.9 Å². The summed E-state index contributed by atoms with van der Waals surface area (Å²) in [7, 11) is 0. The number of hydrogen-bond acceptors (Lipinski definition) is 3. The normalized spacial score (nSPS) is 12.2. The van der Waals surface area contributed by atoms with E-state index in [4.69, 9.17) is 4.74 Å². The van der Waals surface area contributed by atoms with E-state index in [1.807, 2.05) is 32.0 Å². The molecule has 0 radical (unpaired) electrons. The Bertz CT molecular complexity index is 875. The van der Waals surface area contributed by atoms with Crippen LogP contribution in [0.1, 0.15) is 57.0 Å². The Morgan fingerprint density at radius 2 is 1.83 bits per heavy atom. The van der Waals surface area contributed by atoms with Crippen molar-refractivity contribution >= 4 is 33.4 Å². The molecule has 2 aromatic carbocycles. The molecule has 0 fully saturated rings. The lowest BCUT2D eigenvalue weighted by Crippen LogP contribution is -2.33. The van der Waals surface area contributed by atoms with Crippen LogP contribution in [0.5, 0.6) is 5.75 Å². The molecule has 5 nitrogen and oxygen atoms in total. The molecular weight excluding hydrogens is 432 g/mol. The fourth-order valence-electron chi connectivity index (χ4n) is 2.61. The summed E-state index contributed by atoms with van der Waals surface area (Å²) < 4.78 is 6.46. The Morgan fingerprint density at radius 1 is 1.14 bits per heavy atom. The summed E-state index contributed by atoms with van der Waals surface area (Å²) in [6.07, 6.45) is 0.830. The molecule has 2 rings (SSSR count). The molecule has 6 heteroatoms. The van der Waals surface area contributed by atoms with Gasteiger partial charge >= 0.3 is 0 Å². The molecule has 0 aliphatic heterocycles. The number of halogens is 1. The van der Waals surface area contributed by atoms with Crippen LogP contribution in [0, 0.1) is 0 Å². The third kappa shape index (κ3) is 6.60. The molecule has 0 unspecified atom stereocenters. The molecule has 1 atom stereocenters. The van der Waals surface area contributed by atoms with Crippen molar-refractivity contribution in [3.05, 3.63) is 58.1 Å². The zero-order valence-corrected chi connectivity index (χ0v) is 19.2. The number of benzene rings is 2. The first-order valence-electron chi connectivity index (χ1n) is 9.74. The molecule has 156 valence electrons. The van der Waals surface area contributed by atoms with Crippen LogP contribution >= 0.6 is 15.9 Å². The highest BCUT2D eigenvalue weighted by Gasteiger charge is 2.17. The monoisotopic (exact) mass is 460 g/mol. The predicted octanol–water partition coefficient (Wildman–Crippen LogP) is 5.29. The van der Waals surface area contributed by atoms with Gasteiger partial charge in [-0.3, -0.25) is 9.59 Å². The number of anilines is 1. The number of rotatable bonds is 7. The number of carbonyl (C=O) groups excluding carboxylic acids is 2. The SMILES string of the molecule is CC[C@H](C)NC(=O)c1ccccc1NC(=O)COc1ccc(C(C)(C)C)cc1Br. The molecule has 0 aromatic heterocycles. The van der Waals surface area contributed by atoms with Gasteiger partial charge in [-0.15, -0.1) is 0 Å². The quantitative estimate of drug-likeness (QED) is 0.589. The van der Waals surface area contributed by atoms with Gasteiger partial charge in [0.05, 0.1) is 15.7 Å². The second-order valence-electron chi connectivity index (χ2n) is 8.06. The Labute approximate surface area is 181 Å². The maximum Gasteiger partial charge on any atom is 0.262 e. The van der Waals surface area contributed by atoms with Crippen LogP contribution in [0.15, 0.2) is 46.9 Å². The maximum atomic E-state index is 12.5. The average Bonchev–Trinajstić information content (AvgIpc) is 2.66. The standard InChI is InChI=1S/C23H29BrN2O3/c1-6-15(2)25-22(28)17-9-7-8-10-19(17)26-21(27)14-29-20-12-11-16(13-18(20)24)23(3,4)5/h7-13,15H,6,14H2,1-5H3,(H,25,28)(H,26,27)/t15-/m0/s1. The minimum atomic E-state index is -0.333. The van der Waals surface area contributed by atoms with E-state index in [1.165, 1.54) is 5.56 Å². The zero-order valence-electron chi connectivity index (χ0n) is 17.6. The van der Waals surface area contributed by atoms with Crippen molar-refractivity contribution in [2.45, 2.75) is 52.5 Å². The van der Waals surface area contributed by atoms with Crippen molar-refractivity contribution in [1.82, 2.24) is 5.32 Å². The van der Waals surface area contributed by atoms with Crippen molar-refractivity contribution in [2.24, 2.45) is 0 Å². The Morgan fingerprint density at radius 3 is 2.45 bits per heavy atom. The van der Waals surface area contributed by atoms with E-state index in [2.05, 4.69) is 47.3 Å². The van der Waals surface area contributed by atoms with E-state index in [0.29, 0.717) is 17.0 Å². The van der Waals surface area contributed by atoms with Gasteiger partial charge in [-0.2, -0.15) is 0 Å². The number of amides is 2. The number of hydrogen-bond donors (Lipinski definition) is 2. The molecule has 0 spiro atoms. The van der Waals surface area contributed by atoms with E-state index in [1.54, 1.807) is 24.3 Å². The van der Waals surface area contributed by atoms with Crippen molar-refractivity contribution < 1.29 is 14.3 Å². The third-order valence-corrected chi connectivity index (χ3v) is 5.21. The summed E-state index contributed by atoms with van der Waals surface area (Å²) in [5, 5.41) is 5.68. The van der Waals surface area contributed by atoms with Crippen molar-refractivity contribution in [3.63, 3.8) is 0 Å². The lowest BCUT2D eigenvalue weighted by Gasteiger charge is -2.20. The third-order valence-electron chi connectivity index (χ3n) is 4.59. The van der Waals surface area contributed by atoms with Crippen LogP contribution in [0.3, 0.4) is 0 Å². The topological polar surface area (TPSA) is 67.4 Å². The molecule has 2 N–H and O–H groups in total. The van der Waals surface area contributed by atoms with E-state index in [-0.39, 0.29) is 29.9 Å². The second kappa shape index (κ2) is 9.92. The summed E-state index contributed by atoms with van der Waals surface area (Å²) >= 11 is 3.51. The van der Waals surface area contributed by atoms with Crippen molar-refractivity contribution in [3.8, 4) is 5.75 Å². The fraction of sp³-hybridized carbons (Fsp3) is 0.391. The fourth-order valence-corrected chi connectivity index (χ4v) is 3.10. The number of ether oxygens (including phenoxy) is 1. The Balaban J connectivity index is 2.03. The largest absolute Gasteiger partial charge is 0.483 e. The molecule has 0 saturated heterocycles.